The van der Waals surface area contributed by atoms with Gasteiger partial charge in [0.25, 0.3) is 5.82 Å². The Bertz CT molecular complexity index is 514. The second kappa shape index (κ2) is 4.98. The summed E-state index contributed by atoms with van der Waals surface area (Å²) in [5.74, 6) is 0.534. The molecule has 0 atom stereocenters. The fourth-order valence-corrected chi connectivity index (χ4v) is 1.25. The predicted molar refractivity (Wildman–Crippen MR) is 61.5 cm³/mol. The summed E-state index contributed by atoms with van der Waals surface area (Å²) in [6.45, 7) is 0. The van der Waals surface area contributed by atoms with Crippen molar-refractivity contribution in [2.24, 2.45) is 0 Å². The maximum Gasteiger partial charge on any atom is 0.510 e. The van der Waals surface area contributed by atoms with Gasteiger partial charge < -0.3 is 9.94 Å². The van der Waals surface area contributed by atoms with E-state index in [9.17, 15) is 10.0 Å². The highest BCUT2D eigenvalue weighted by Crippen LogP contribution is 2.09. The number of hydrogen-bond acceptors (Lipinski definition) is 3. The lowest BCUT2D eigenvalue weighted by Gasteiger charge is -2.06. The van der Waals surface area contributed by atoms with E-state index in [4.69, 9.17) is 4.74 Å². The number of aromatic nitrogens is 1. The van der Waals surface area contributed by atoms with Gasteiger partial charge in [0.05, 0.1) is 6.20 Å². The molecule has 86 valence electrons. The standard InChI is InChI=1S/C12H10N2O3/c15-12(17-10-6-2-1-3-7-10)13-11-8-4-5-9-14(11)16/h1-9H,(H,13,15). The number of ether oxygens (including phenoxy) is 1. The van der Waals surface area contributed by atoms with E-state index in [-0.39, 0.29) is 5.82 Å². The SMILES string of the molecule is O=C(Nc1cccc[n+]1[O-])Oc1ccccc1. The zero-order valence-electron chi connectivity index (χ0n) is 8.87. The van der Waals surface area contributed by atoms with Crippen molar-refractivity contribution in [2.75, 3.05) is 5.32 Å². The number of nitrogens with one attached hydrogen (secondary N) is 1. The lowest BCUT2D eigenvalue weighted by molar-refractivity contribution is -0.590. The number of hydrogen-bond donors (Lipinski definition) is 1. The van der Waals surface area contributed by atoms with Crippen LogP contribution in [0.15, 0.2) is 54.7 Å². The molecule has 0 spiro atoms. The molecule has 2 rings (SSSR count). The van der Waals surface area contributed by atoms with Crippen LogP contribution in [0.2, 0.25) is 0 Å². The molecule has 2 aromatic rings. The summed E-state index contributed by atoms with van der Waals surface area (Å²) in [6.07, 6.45) is 0.588. The summed E-state index contributed by atoms with van der Waals surface area (Å²) in [5.41, 5.74) is 0. The number of amides is 1. The van der Waals surface area contributed by atoms with Crippen LogP contribution in [0.4, 0.5) is 10.6 Å². The van der Waals surface area contributed by atoms with Gasteiger partial charge in [0.1, 0.15) is 5.75 Å². The highest BCUT2D eigenvalue weighted by molar-refractivity contribution is 5.84. The molecule has 0 bridgehead atoms. The van der Waals surface area contributed by atoms with Gasteiger partial charge in [0, 0.05) is 6.07 Å². The van der Waals surface area contributed by atoms with Gasteiger partial charge in [-0.25, -0.2) is 4.73 Å². The number of rotatable bonds is 2. The molecule has 0 saturated carbocycles. The molecular formula is C12H10N2O3. The van der Waals surface area contributed by atoms with Crippen LogP contribution in [-0.2, 0) is 0 Å². The molecule has 1 aromatic heterocycles. The minimum atomic E-state index is -0.702. The first-order valence-electron chi connectivity index (χ1n) is 4.98. The van der Waals surface area contributed by atoms with E-state index in [1.165, 1.54) is 12.3 Å². The van der Waals surface area contributed by atoms with Crippen molar-refractivity contribution < 1.29 is 14.3 Å². The first kappa shape index (κ1) is 10.9. The molecule has 0 unspecified atom stereocenters. The molecule has 1 aromatic carbocycles. The maximum atomic E-state index is 11.4. The lowest BCUT2D eigenvalue weighted by atomic mass is 10.3. The number of pyridine rings is 1. The monoisotopic (exact) mass is 230 g/mol. The summed E-state index contributed by atoms with van der Waals surface area (Å²) in [7, 11) is 0. The van der Waals surface area contributed by atoms with Gasteiger partial charge in [-0.15, -0.1) is 0 Å². The Hall–Kier alpha value is -2.56. The van der Waals surface area contributed by atoms with Crippen molar-refractivity contribution in [2.45, 2.75) is 0 Å². The van der Waals surface area contributed by atoms with Crippen LogP contribution in [0.25, 0.3) is 0 Å². The second-order valence-corrected chi connectivity index (χ2v) is 3.24. The first-order valence-corrected chi connectivity index (χ1v) is 4.98. The fourth-order valence-electron chi connectivity index (χ4n) is 1.25. The molecule has 0 aliphatic rings. The molecule has 1 N–H and O–H groups in total. The van der Waals surface area contributed by atoms with E-state index >= 15 is 0 Å². The van der Waals surface area contributed by atoms with Gasteiger partial charge in [-0.2, -0.15) is 10.1 Å². The smallest absolute Gasteiger partial charge is 0.510 e. The zero-order chi connectivity index (χ0) is 12.1. The number of nitrogens with zero attached hydrogens (tertiary/aromatic N) is 1. The number of benzene rings is 1. The topological polar surface area (TPSA) is 65.3 Å². The van der Waals surface area contributed by atoms with Crippen LogP contribution in [0.1, 0.15) is 0 Å². The molecule has 5 heteroatoms. The molecule has 1 amide bonds. The molecule has 0 fully saturated rings. The van der Waals surface area contributed by atoms with Crippen molar-refractivity contribution in [3.8, 4) is 5.75 Å². The van der Waals surface area contributed by atoms with Crippen molar-refractivity contribution in [3.63, 3.8) is 0 Å². The fraction of sp³-hybridized carbons (Fsp3) is 0. The van der Waals surface area contributed by atoms with Crippen LogP contribution >= 0.6 is 0 Å². The van der Waals surface area contributed by atoms with Crippen molar-refractivity contribution in [1.29, 1.82) is 0 Å². The Morgan fingerprint density at radius 3 is 2.53 bits per heavy atom. The van der Waals surface area contributed by atoms with E-state index in [2.05, 4.69) is 5.32 Å². The van der Waals surface area contributed by atoms with E-state index < -0.39 is 6.09 Å². The third kappa shape index (κ3) is 2.94. The highest BCUT2D eigenvalue weighted by atomic mass is 16.6. The molecule has 0 aliphatic heterocycles. The number of carbonyl (C=O) groups is 1. The number of anilines is 1. The van der Waals surface area contributed by atoms with Gasteiger partial charge in [-0.3, -0.25) is 0 Å². The molecule has 1 heterocycles. The lowest BCUT2D eigenvalue weighted by Crippen LogP contribution is -2.32. The predicted octanol–water partition coefficient (Wildman–Crippen LogP) is 1.93. The summed E-state index contributed by atoms with van der Waals surface area (Å²) < 4.78 is 5.52. The van der Waals surface area contributed by atoms with Gasteiger partial charge in [-0.05, 0) is 18.2 Å². The maximum absolute atomic E-state index is 11.4. The molecule has 5 nitrogen and oxygen atoms in total. The van der Waals surface area contributed by atoms with Crippen molar-refractivity contribution >= 4 is 11.9 Å². The third-order valence-corrected chi connectivity index (χ3v) is 2.01. The van der Waals surface area contributed by atoms with E-state index in [1.54, 1.807) is 36.4 Å². The van der Waals surface area contributed by atoms with E-state index in [0.717, 1.165) is 0 Å². The summed E-state index contributed by atoms with van der Waals surface area (Å²) in [5, 5.41) is 13.6. The first-order chi connectivity index (χ1) is 8.25. The van der Waals surface area contributed by atoms with Gasteiger partial charge >= 0.3 is 6.09 Å². The van der Waals surface area contributed by atoms with Crippen molar-refractivity contribution in [3.05, 3.63) is 59.9 Å². The van der Waals surface area contributed by atoms with Crippen LogP contribution < -0.4 is 14.8 Å². The third-order valence-electron chi connectivity index (χ3n) is 2.01. The minimum Gasteiger partial charge on any atom is -0.711 e. The molecular weight excluding hydrogens is 220 g/mol. The van der Waals surface area contributed by atoms with E-state index in [0.29, 0.717) is 10.5 Å². The second-order valence-electron chi connectivity index (χ2n) is 3.24. The normalized spacial score (nSPS) is 9.65. The molecule has 0 aliphatic carbocycles. The summed E-state index contributed by atoms with van der Waals surface area (Å²) >= 11 is 0. The van der Waals surface area contributed by atoms with E-state index in [1.807, 2.05) is 6.07 Å². The van der Waals surface area contributed by atoms with Crippen molar-refractivity contribution in [1.82, 2.24) is 0 Å². The summed E-state index contributed by atoms with van der Waals surface area (Å²) in [6, 6.07) is 13.3. The van der Waals surface area contributed by atoms with Crippen LogP contribution in [0, 0.1) is 5.21 Å². The van der Waals surface area contributed by atoms with Gasteiger partial charge in [-0.1, -0.05) is 24.3 Å². The van der Waals surface area contributed by atoms with Crippen LogP contribution in [0.3, 0.4) is 0 Å². The quantitative estimate of drug-likeness (QED) is 0.633. The summed E-state index contributed by atoms with van der Waals surface area (Å²) in [4.78, 5) is 11.4. The Morgan fingerprint density at radius 2 is 1.82 bits per heavy atom. The Labute approximate surface area is 97.9 Å². The molecule has 17 heavy (non-hydrogen) atoms. The average Bonchev–Trinajstić information content (AvgIpc) is 2.33. The van der Waals surface area contributed by atoms with Crippen LogP contribution in [-0.4, -0.2) is 6.09 Å². The van der Waals surface area contributed by atoms with Gasteiger partial charge in [0.2, 0.25) is 0 Å². The highest BCUT2D eigenvalue weighted by Gasteiger charge is 2.12. The minimum absolute atomic E-state index is 0.119. The van der Waals surface area contributed by atoms with Crippen LogP contribution in [0.5, 0.6) is 5.75 Å². The molecule has 0 radical (unpaired) electrons. The molecule has 0 saturated heterocycles. The Morgan fingerprint density at radius 1 is 1.12 bits per heavy atom. The Kier molecular flexibility index (Phi) is 3.20. The average molecular weight is 230 g/mol. The number of carbonyl (C=O) groups excluding carboxylic acids is 1. The van der Waals surface area contributed by atoms with Gasteiger partial charge in [0.15, 0.2) is 0 Å². The largest absolute Gasteiger partial charge is 0.711 e. The Balaban J connectivity index is 2.01. The number of para-hydroxylation sites is 1. The zero-order valence-corrected chi connectivity index (χ0v) is 8.87.